The fourth-order valence-electron chi connectivity index (χ4n) is 7.10. The lowest BCUT2D eigenvalue weighted by Crippen LogP contribution is -2.60. The monoisotopic (exact) mass is 1290 g/mol. The molecule has 0 spiro atoms. The Morgan fingerprint density at radius 1 is 0.706 bits per heavy atom. The lowest BCUT2D eigenvalue weighted by molar-refractivity contribution is -0.141. The predicted molar refractivity (Wildman–Crippen MR) is 320 cm³/mol. The van der Waals surface area contributed by atoms with E-state index in [1.165, 1.54) is 52.2 Å². The molecule has 1 saturated heterocycles. The second-order valence-corrected chi connectivity index (χ2v) is 25.8. The number of likely N-dealkylation sites (N-methyl/N-ethyl adjacent to an activating group) is 2. The fourth-order valence-corrected chi connectivity index (χ4v) is 12.8. The molecule has 0 radical (unpaired) electrons. The van der Waals surface area contributed by atoms with Gasteiger partial charge in [0.05, 0.1) is 19.1 Å². The van der Waals surface area contributed by atoms with Gasteiger partial charge in [-0.25, -0.2) is 4.79 Å². The van der Waals surface area contributed by atoms with E-state index in [1.807, 2.05) is 0 Å². The summed E-state index contributed by atoms with van der Waals surface area (Å²) in [5.41, 5.74) is 3.93. The van der Waals surface area contributed by atoms with Crippen molar-refractivity contribution < 1.29 is 82.8 Å². The number of nitrogens with one attached hydrogen (secondary N) is 13. The van der Waals surface area contributed by atoms with Crippen LogP contribution < -0.4 is 74.9 Å². The molecule has 11 atom stereocenters. The van der Waals surface area contributed by atoms with E-state index in [0.717, 1.165) is 68.8 Å². The molecule has 36 heteroatoms. The molecule has 0 aliphatic carbocycles. The number of hydrogen-bond donors (Lipinski definition) is 18. The number of nitrogens with two attached hydrogens (primary N) is 1. The summed E-state index contributed by atoms with van der Waals surface area (Å²) in [7, 11) is 6.64. The van der Waals surface area contributed by atoms with Crippen molar-refractivity contribution in [3.05, 3.63) is 29.8 Å². The van der Waals surface area contributed by atoms with Crippen LogP contribution in [0.4, 0.5) is 0 Å². The van der Waals surface area contributed by atoms with Crippen LogP contribution in [0.5, 0.6) is 5.75 Å². The van der Waals surface area contributed by atoms with Gasteiger partial charge in [0.15, 0.2) is 6.23 Å². The van der Waals surface area contributed by atoms with Gasteiger partial charge in [-0.3, -0.25) is 68.2 Å². The zero-order valence-electron chi connectivity index (χ0n) is 47.9. The van der Waals surface area contributed by atoms with Gasteiger partial charge in [0.1, 0.15) is 59.8 Å². The summed E-state index contributed by atoms with van der Waals surface area (Å²) in [5.74, 6) is -13.6. The van der Waals surface area contributed by atoms with Crippen LogP contribution in [0.25, 0.3) is 0 Å². The van der Waals surface area contributed by atoms with Crippen molar-refractivity contribution in [2.45, 2.75) is 121 Å². The van der Waals surface area contributed by atoms with Gasteiger partial charge in [-0.05, 0) is 56.7 Å². The Balaban J connectivity index is 2.71. The van der Waals surface area contributed by atoms with Gasteiger partial charge in [-0.1, -0.05) is 69.2 Å². The number of carbonyl (C=O) groups excluding carboxylic acids is 12. The first-order valence-corrected chi connectivity index (χ1v) is 32.4. The molecular weight excluding hydrogens is 1220 g/mol. The van der Waals surface area contributed by atoms with Crippen LogP contribution in [-0.2, 0) is 68.7 Å². The van der Waals surface area contributed by atoms with Crippen molar-refractivity contribution in [1.29, 1.82) is 0 Å². The lowest BCUT2D eigenvalue weighted by Gasteiger charge is -2.27. The number of carboxylic acids is 1. The van der Waals surface area contributed by atoms with Crippen LogP contribution in [0.15, 0.2) is 24.3 Å². The van der Waals surface area contributed by atoms with Crippen LogP contribution in [0.2, 0.25) is 0 Å². The molecule has 1 aromatic rings. The highest BCUT2D eigenvalue weighted by molar-refractivity contribution is 8.77. The average Bonchev–Trinajstić information content (AvgIpc) is 3.60. The van der Waals surface area contributed by atoms with Gasteiger partial charge < -0.3 is 84.6 Å². The zero-order chi connectivity index (χ0) is 64.1. The smallest absolute Gasteiger partial charge is 0.327 e. The Morgan fingerprint density at radius 2 is 1.24 bits per heavy atom. The van der Waals surface area contributed by atoms with E-state index >= 15 is 0 Å². The number of hydrogen-bond acceptors (Lipinski definition) is 23. The van der Waals surface area contributed by atoms with E-state index < -0.39 is 156 Å². The molecule has 2 rings (SSSR count). The number of amides is 12. The Labute approximate surface area is 510 Å². The molecule has 1 aliphatic rings. The van der Waals surface area contributed by atoms with Gasteiger partial charge >= 0.3 is 5.97 Å². The van der Waals surface area contributed by atoms with Crippen molar-refractivity contribution in [3.8, 4) is 5.75 Å². The normalized spacial score (nSPS) is 23.3. The third-order valence-corrected chi connectivity index (χ3v) is 17.9. The van der Waals surface area contributed by atoms with E-state index in [1.54, 1.807) is 13.8 Å². The minimum atomic E-state index is -1.93. The number of carboxylic acid groups (broad SMARTS) is 1. The first kappa shape index (κ1) is 74.8. The van der Waals surface area contributed by atoms with Crippen molar-refractivity contribution in [3.63, 3.8) is 0 Å². The minimum Gasteiger partial charge on any atom is -0.508 e. The number of rotatable bonds is 18. The van der Waals surface area contributed by atoms with E-state index in [0.29, 0.717) is 5.56 Å². The van der Waals surface area contributed by atoms with Crippen LogP contribution in [0.1, 0.15) is 53.5 Å². The number of aliphatic carboxylic acids is 1. The molecule has 0 bridgehead atoms. The van der Waals surface area contributed by atoms with Crippen LogP contribution in [0.3, 0.4) is 0 Å². The van der Waals surface area contributed by atoms with E-state index in [-0.39, 0.29) is 59.7 Å². The highest BCUT2D eigenvalue weighted by Gasteiger charge is 2.34. The zero-order valence-corrected chi connectivity index (χ0v) is 52.0. The maximum Gasteiger partial charge on any atom is 0.327 e. The standard InChI is InChI=1S/C49H78N14O17S5/c1-23(2)37(63-47(77)38(50)68)46(76)55-24(3)39(69)61-31-17-81-14-13-29(41(71)54-22-49(6,80)52-8)59-44(74)33(56-25(4)64)19-83-82-18-32(40(70)51-7)62-45(75)34(57-26(5)65)20-84-85-21-35(48(78)79)58-36(67)16-53-42(72)30(60-43(31)73)15-27-9-11-28(66)12-10-27/h9-12,23-24,29-35,37,47,52,63,66,77,80H,13-22H2,1-8H3,(H2,50,68)(H,51,70)(H,53,72)(H,54,71)(H,55,76)(H,56,64)(H,57,65)(H,58,67)(H,59,74)(H,60,73)(H,61,69)(H,62,75)(H,78,79)/t24-,29-,30-,31-,32-,33-,34+,35+,37-,47?,49?/m1/s1. The summed E-state index contributed by atoms with van der Waals surface area (Å²) in [6.07, 6.45) is -2.42. The average molecular weight is 1300 g/mol. The topological polar surface area (TPSA) is 485 Å². The summed E-state index contributed by atoms with van der Waals surface area (Å²) in [5, 5.41) is 73.1. The predicted octanol–water partition coefficient (Wildman–Crippen LogP) is -5.82. The Bertz CT molecular complexity index is 2510. The second-order valence-electron chi connectivity index (χ2n) is 19.6. The van der Waals surface area contributed by atoms with E-state index in [2.05, 4.69) is 69.1 Å². The molecule has 0 saturated carbocycles. The van der Waals surface area contributed by atoms with Crippen molar-refractivity contribution in [1.82, 2.24) is 69.1 Å². The molecule has 0 aromatic heterocycles. The van der Waals surface area contributed by atoms with Gasteiger partial charge in [0, 0.05) is 56.1 Å². The molecule has 85 heavy (non-hydrogen) atoms. The van der Waals surface area contributed by atoms with Gasteiger partial charge in [0.25, 0.3) is 5.91 Å². The largest absolute Gasteiger partial charge is 0.508 e. The van der Waals surface area contributed by atoms with Crippen LogP contribution in [-0.4, -0.2) is 225 Å². The van der Waals surface area contributed by atoms with E-state index in [4.69, 9.17) is 5.73 Å². The van der Waals surface area contributed by atoms with Crippen LogP contribution in [0, 0.1) is 5.92 Å². The number of phenols is 1. The van der Waals surface area contributed by atoms with Crippen molar-refractivity contribution in [2.24, 2.45) is 11.7 Å². The summed E-state index contributed by atoms with van der Waals surface area (Å²) in [4.78, 5) is 172. The first-order valence-electron chi connectivity index (χ1n) is 26.2. The molecule has 31 nitrogen and oxygen atoms in total. The van der Waals surface area contributed by atoms with E-state index in [9.17, 15) is 82.8 Å². The summed E-state index contributed by atoms with van der Waals surface area (Å²) in [6, 6.07) is -7.04. The first-order chi connectivity index (χ1) is 39.9. The number of phenolic OH excluding ortho intramolecular Hbond substituents is 1. The maximum atomic E-state index is 14.5. The third kappa shape index (κ3) is 28.6. The second kappa shape index (κ2) is 38.0. The molecule has 1 fully saturated rings. The number of primary amides is 1. The highest BCUT2D eigenvalue weighted by Crippen LogP contribution is 2.25. The SMILES string of the molecule is CNC(=O)[C@H]1CSSC[C@@H](NC(C)=O)C(=O)N[C@@H](C(=O)NCC(C)(O)NC)CCSC[C@@H](NC(=O)[C@@H](C)NC(=O)[C@H](NC(O)C(N)=O)C(C)C)C(=O)N[C@H](Cc2ccc(O)cc2)C(=O)NCC(=O)N[C@H](C(=O)O)CSSC[C@H](NC(C)=O)C(=O)N1. The quantitative estimate of drug-likeness (QED) is 0.0481. The molecule has 12 amide bonds. The number of aliphatic hydroxyl groups excluding tert-OH is 1. The molecule has 1 aromatic carbocycles. The number of aliphatic hydroxyl groups is 2. The molecule has 19 N–H and O–H groups in total. The van der Waals surface area contributed by atoms with Crippen LogP contribution >= 0.6 is 54.9 Å². The molecule has 476 valence electrons. The Hall–Kier alpha value is -6.28. The summed E-state index contributed by atoms with van der Waals surface area (Å²) < 4.78 is 0. The third-order valence-electron chi connectivity index (χ3n) is 12.0. The number of carbonyl (C=O) groups is 13. The summed E-state index contributed by atoms with van der Waals surface area (Å²) in [6.45, 7) is 6.90. The fraction of sp³-hybridized carbons (Fsp3) is 0.612. The highest BCUT2D eigenvalue weighted by atomic mass is 33.1. The number of aromatic hydroxyl groups is 1. The Morgan fingerprint density at radius 3 is 1.75 bits per heavy atom. The molecular formula is C49H78N14O17S5. The number of benzene rings is 1. The summed E-state index contributed by atoms with van der Waals surface area (Å²) >= 11 is 0.969. The molecule has 2 unspecified atom stereocenters. The molecule has 1 aliphatic heterocycles. The van der Waals surface area contributed by atoms with Gasteiger partial charge in [0.2, 0.25) is 65.0 Å². The molecule has 1 heterocycles. The van der Waals surface area contributed by atoms with Gasteiger partial charge in [-0.15, -0.1) is 0 Å². The minimum absolute atomic E-state index is 0.0669. The lowest BCUT2D eigenvalue weighted by atomic mass is 10.0. The van der Waals surface area contributed by atoms with Gasteiger partial charge in [-0.2, -0.15) is 11.8 Å². The maximum absolute atomic E-state index is 14.5. The Kier molecular flexibility index (Phi) is 33.4. The van der Waals surface area contributed by atoms with Crippen molar-refractivity contribution >= 4 is 132 Å². The number of thioether (sulfide) groups is 1. The van der Waals surface area contributed by atoms with Crippen molar-refractivity contribution in [2.75, 3.05) is 61.7 Å².